The van der Waals surface area contributed by atoms with E-state index in [0.717, 1.165) is 24.2 Å². The normalized spacial score (nSPS) is 10.6. The van der Waals surface area contributed by atoms with Gasteiger partial charge in [0.15, 0.2) is 5.69 Å². The Bertz CT molecular complexity index is 876. The molecule has 3 aromatic rings. The third-order valence-corrected chi connectivity index (χ3v) is 4.06. The first-order chi connectivity index (χ1) is 13.1. The minimum Gasteiger partial charge on any atom is -0.494 e. The van der Waals surface area contributed by atoms with Crippen molar-refractivity contribution in [2.45, 2.75) is 19.8 Å². The quantitative estimate of drug-likeness (QED) is 0.614. The second kappa shape index (κ2) is 8.98. The van der Waals surface area contributed by atoms with Gasteiger partial charge in [-0.1, -0.05) is 18.2 Å². The molecule has 0 aliphatic carbocycles. The molecule has 0 saturated carbocycles. The van der Waals surface area contributed by atoms with E-state index in [4.69, 9.17) is 4.74 Å². The number of aryl methyl sites for hydroxylation is 1. The Morgan fingerprint density at radius 3 is 2.59 bits per heavy atom. The Hall–Kier alpha value is -3.15. The van der Waals surface area contributed by atoms with Crippen LogP contribution in [0.2, 0.25) is 0 Å². The lowest BCUT2D eigenvalue weighted by molar-refractivity contribution is 0.0947. The molecule has 3 rings (SSSR count). The third-order valence-electron chi connectivity index (χ3n) is 4.06. The summed E-state index contributed by atoms with van der Waals surface area (Å²) < 4.78 is 20.1. The number of aromatic nitrogens is 2. The lowest BCUT2D eigenvalue weighted by Gasteiger charge is -2.06. The van der Waals surface area contributed by atoms with Crippen LogP contribution in [0.15, 0.2) is 60.7 Å². The molecule has 0 radical (unpaired) electrons. The van der Waals surface area contributed by atoms with Gasteiger partial charge in [0.2, 0.25) is 0 Å². The van der Waals surface area contributed by atoms with Crippen LogP contribution in [0.4, 0.5) is 4.39 Å². The van der Waals surface area contributed by atoms with Crippen molar-refractivity contribution < 1.29 is 13.9 Å². The maximum absolute atomic E-state index is 12.8. The summed E-state index contributed by atoms with van der Waals surface area (Å²) in [5, 5.41) is 7.27. The van der Waals surface area contributed by atoms with Gasteiger partial charge < -0.3 is 10.1 Å². The molecule has 0 aliphatic heterocycles. The van der Waals surface area contributed by atoms with Gasteiger partial charge in [-0.15, -0.1) is 0 Å². The Labute approximate surface area is 157 Å². The fraction of sp³-hybridized carbons (Fsp3) is 0.238. The summed E-state index contributed by atoms with van der Waals surface area (Å²) in [5.41, 5.74) is 2.23. The Balaban J connectivity index is 1.41. The maximum Gasteiger partial charge on any atom is 0.271 e. The highest BCUT2D eigenvalue weighted by Gasteiger charge is 2.12. The van der Waals surface area contributed by atoms with E-state index >= 15 is 0 Å². The Morgan fingerprint density at radius 2 is 1.85 bits per heavy atom. The number of halogens is 1. The number of benzene rings is 2. The highest BCUT2D eigenvalue weighted by Crippen LogP contribution is 2.12. The molecule has 5 nitrogen and oxygen atoms in total. The number of para-hydroxylation sites is 1. The van der Waals surface area contributed by atoms with E-state index in [1.54, 1.807) is 22.9 Å². The largest absolute Gasteiger partial charge is 0.494 e. The van der Waals surface area contributed by atoms with Gasteiger partial charge in [-0.3, -0.25) is 4.79 Å². The Kier molecular flexibility index (Phi) is 6.20. The molecule has 1 amide bonds. The molecular weight excluding hydrogens is 345 g/mol. The summed E-state index contributed by atoms with van der Waals surface area (Å²) in [6.45, 7) is 2.98. The molecule has 0 spiro atoms. The van der Waals surface area contributed by atoms with Gasteiger partial charge in [-0.25, -0.2) is 9.07 Å². The molecule has 140 valence electrons. The number of hydrogen-bond donors (Lipinski definition) is 1. The molecule has 1 N–H and O–H groups in total. The zero-order valence-electron chi connectivity index (χ0n) is 15.2. The zero-order chi connectivity index (χ0) is 19.1. The highest BCUT2D eigenvalue weighted by molar-refractivity contribution is 5.92. The second-order valence-electron chi connectivity index (χ2n) is 6.18. The fourth-order valence-corrected chi connectivity index (χ4v) is 2.66. The number of ether oxygens (including phenoxy) is 1. The van der Waals surface area contributed by atoms with Crippen LogP contribution in [0.5, 0.6) is 5.75 Å². The van der Waals surface area contributed by atoms with Crippen molar-refractivity contribution in [2.24, 2.45) is 0 Å². The van der Waals surface area contributed by atoms with Crippen LogP contribution in [-0.2, 0) is 0 Å². The van der Waals surface area contributed by atoms with Crippen molar-refractivity contribution in [1.82, 2.24) is 15.1 Å². The van der Waals surface area contributed by atoms with Gasteiger partial charge in [-0.05, 0) is 62.2 Å². The van der Waals surface area contributed by atoms with Crippen LogP contribution in [0.1, 0.15) is 29.0 Å². The first-order valence-electron chi connectivity index (χ1n) is 8.92. The number of carbonyl (C=O) groups is 1. The van der Waals surface area contributed by atoms with Gasteiger partial charge in [0, 0.05) is 12.2 Å². The number of amides is 1. The molecule has 2 aromatic carbocycles. The first kappa shape index (κ1) is 18.6. The minimum atomic E-state index is -0.282. The summed E-state index contributed by atoms with van der Waals surface area (Å²) in [7, 11) is 0. The van der Waals surface area contributed by atoms with Gasteiger partial charge in [0.25, 0.3) is 5.91 Å². The molecule has 0 fully saturated rings. The van der Waals surface area contributed by atoms with Crippen molar-refractivity contribution in [3.63, 3.8) is 0 Å². The SMILES string of the molecule is Cc1cc(C(=O)NCCCCOc2ccc(F)cc2)nn1-c1ccccc1. The minimum absolute atomic E-state index is 0.188. The van der Waals surface area contributed by atoms with E-state index < -0.39 is 0 Å². The van der Waals surface area contributed by atoms with Crippen LogP contribution in [0.3, 0.4) is 0 Å². The van der Waals surface area contributed by atoms with Gasteiger partial charge >= 0.3 is 0 Å². The van der Waals surface area contributed by atoms with E-state index in [2.05, 4.69) is 10.4 Å². The Morgan fingerprint density at radius 1 is 1.11 bits per heavy atom. The van der Waals surface area contributed by atoms with E-state index in [1.807, 2.05) is 37.3 Å². The highest BCUT2D eigenvalue weighted by atomic mass is 19.1. The molecule has 0 bridgehead atoms. The number of carbonyl (C=O) groups excluding carboxylic acids is 1. The molecule has 0 unspecified atom stereocenters. The summed E-state index contributed by atoms with van der Waals surface area (Å²) in [6.07, 6.45) is 1.57. The molecule has 6 heteroatoms. The number of hydrogen-bond acceptors (Lipinski definition) is 3. The molecular formula is C21H22FN3O2. The molecule has 27 heavy (non-hydrogen) atoms. The van der Waals surface area contributed by atoms with Crippen LogP contribution < -0.4 is 10.1 Å². The van der Waals surface area contributed by atoms with Crippen LogP contribution in [0, 0.1) is 12.7 Å². The summed E-state index contributed by atoms with van der Waals surface area (Å²) in [4.78, 5) is 12.3. The maximum atomic E-state index is 12.8. The molecule has 0 aliphatic rings. The van der Waals surface area contributed by atoms with Crippen LogP contribution >= 0.6 is 0 Å². The van der Waals surface area contributed by atoms with Crippen molar-refractivity contribution >= 4 is 5.91 Å². The lowest BCUT2D eigenvalue weighted by atomic mass is 10.3. The van der Waals surface area contributed by atoms with E-state index in [-0.39, 0.29) is 11.7 Å². The number of rotatable bonds is 8. The summed E-state index contributed by atoms with van der Waals surface area (Å²) in [6, 6.07) is 17.4. The predicted octanol–water partition coefficient (Wildman–Crippen LogP) is 3.91. The van der Waals surface area contributed by atoms with Crippen molar-refractivity contribution in [1.29, 1.82) is 0 Å². The summed E-state index contributed by atoms with van der Waals surface area (Å²) >= 11 is 0. The summed E-state index contributed by atoms with van der Waals surface area (Å²) in [5.74, 6) is 0.171. The van der Waals surface area contributed by atoms with E-state index in [1.165, 1.54) is 12.1 Å². The van der Waals surface area contributed by atoms with Crippen LogP contribution in [0.25, 0.3) is 5.69 Å². The average molecular weight is 367 g/mol. The fourth-order valence-electron chi connectivity index (χ4n) is 2.66. The van der Waals surface area contributed by atoms with Gasteiger partial charge in [0.05, 0.1) is 12.3 Å². The predicted molar refractivity (Wildman–Crippen MR) is 102 cm³/mol. The van der Waals surface area contributed by atoms with Crippen molar-refractivity contribution in [3.05, 3.63) is 77.9 Å². The van der Waals surface area contributed by atoms with E-state index in [0.29, 0.717) is 24.6 Å². The standard InChI is InChI=1S/C21H22FN3O2/c1-16-15-20(24-25(16)18-7-3-2-4-8-18)21(26)23-13-5-6-14-27-19-11-9-17(22)10-12-19/h2-4,7-12,15H,5-6,13-14H2,1H3,(H,23,26). The molecule has 0 saturated heterocycles. The first-order valence-corrected chi connectivity index (χ1v) is 8.92. The molecule has 1 aromatic heterocycles. The number of nitrogens with zero attached hydrogens (tertiary/aromatic N) is 2. The van der Waals surface area contributed by atoms with Crippen molar-refractivity contribution in [2.75, 3.05) is 13.2 Å². The smallest absolute Gasteiger partial charge is 0.271 e. The lowest BCUT2D eigenvalue weighted by Crippen LogP contribution is -2.25. The molecule has 0 atom stereocenters. The third kappa shape index (κ3) is 5.17. The zero-order valence-corrected chi connectivity index (χ0v) is 15.2. The second-order valence-corrected chi connectivity index (χ2v) is 6.18. The molecule has 1 heterocycles. The number of nitrogens with one attached hydrogen (secondary N) is 1. The van der Waals surface area contributed by atoms with Gasteiger partial charge in [0.1, 0.15) is 11.6 Å². The van der Waals surface area contributed by atoms with E-state index in [9.17, 15) is 9.18 Å². The average Bonchev–Trinajstić information content (AvgIpc) is 3.08. The number of unbranched alkanes of at least 4 members (excludes halogenated alkanes) is 1. The van der Waals surface area contributed by atoms with Crippen LogP contribution in [-0.4, -0.2) is 28.8 Å². The van der Waals surface area contributed by atoms with Crippen molar-refractivity contribution in [3.8, 4) is 11.4 Å². The topological polar surface area (TPSA) is 56.1 Å². The monoisotopic (exact) mass is 367 g/mol. The van der Waals surface area contributed by atoms with Gasteiger partial charge in [-0.2, -0.15) is 5.10 Å².